The second-order valence-electron chi connectivity index (χ2n) is 3.82. The van der Waals surface area contributed by atoms with Crippen LogP contribution in [0, 0.1) is 11.6 Å². The fourth-order valence-electron chi connectivity index (χ4n) is 1.55. The lowest BCUT2D eigenvalue weighted by molar-refractivity contribution is 0.102. The number of amides is 1. The van der Waals surface area contributed by atoms with Crippen molar-refractivity contribution in [3.8, 4) is 0 Å². The minimum atomic E-state index is -0.783. The molecule has 2 rings (SSSR count). The molecule has 0 aliphatic carbocycles. The monoisotopic (exact) mass is 282 g/mol. The first-order chi connectivity index (χ1) is 8.97. The zero-order valence-electron chi connectivity index (χ0n) is 9.58. The van der Waals surface area contributed by atoms with Crippen LogP contribution >= 0.6 is 11.6 Å². The van der Waals surface area contributed by atoms with E-state index < -0.39 is 17.5 Å². The number of nitrogens with two attached hydrogens (primary N) is 1. The summed E-state index contributed by atoms with van der Waals surface area (Å²) in [4.78, 5) is 11.9. The van der Waals surface area contributed by atoms with Gasteiger partial charge in [0.1, 0.15) is 11.6 Å². The van der Waals surface area contributed by atoms with Gasteiger partial charge in [-0.05, 0) is 24.3 Å². The zero-order valence-corrected chi connectivity index (χ0v) is 10.3. The van der Waals surface area contributed by atoms with E-state index in [-0.39, 0.29) is 22.0 Å². The van der Waals surface area contributed by atoms with Crippen LogP contribution < -0.4 is 11.1 Å². The Morgan fingerprint density at radius 3 is 2.42 bits per heavy atom. The normalized spacial score (nSPS) is 10.3. The molecule has 2 aromatic carbocycles. The molecule has 0 radical (unpaired) electrons. The highest BCUT2D eigenvalue weighted by Crippen LogP contribution is 2.24. The number of halogens is 3. The van der Waals surface area contributed by atoms with Crippen LogP contribution in [-0.4, -0.2) is 5.91 Å². The van der Waals surface area contributed by atoms with Gasteiger partial charge in [-0.15, -0.1) is 0 Å². The van der Waals surface area contributed by atoms with Crippen LogP contribution in [0.1, 0.15) is 10.4 Å². The van der Waals surface area contributed by atoms with Crippen molar-refractivity contribution in [3.63, 3.8) is 0 Å². The molecule has 0 atom stereocenters. The lowest BCUT2D eigenvalue weighted by atomic mass is 10.2. The van der Waals surface area contributed by atoms with E-state index in [1.54, 1.807) is 12.1 Å². The van der Waals surface area contributed by atoms with Gasteiger partial charge < -0.3 is 11.1 Å². The van der Waals surface area contributed by atoms with E-state index in [1.807, 2.05) is 0 Å². The number of nitrogens with one attached hydrogen (secondary N) is 1. The summed E-state index contributed by atoms with van der Waals surface area (Å²) in [5, 5.41) is 2.44. The molecule has 0 spiro atoms. The average molecular weight is 283 g/mol. The van der Waals surface area contributed by atoms with Gasteiger partial charge in [0, 0.05) is 11.8 Å². The molecule has 0 saturated carbocycles. The Balaban J connectivity index is 2.28. The Bertz CT molecular complexity index is 626. The van der Waals surface area contributed by atoms with Crippen molar-refractivity contribution < 1.29 is 13.6 Å². The maximum atomic E-state index is 13.0. The molecule has 3 nitrogen and oxygen atoms in total. The zero-order chi connectivity index (χ0) is 14.0. The van der Waals surface area contributed by atoms with Gasteiger partial charge in [-0.25, -0.2) is 8.78 Å². The third kappa shape index (κ3) is 3.00. The largest absolute Gasteiger partial charge is 0.398 e. The number of benzene rings is 2. The Kier molecular flexibility index (Phi) is 3.66. The molecule has 6 heteroatoms. The molecule has 0 saturated heterocycles. The van der Waals surface area contributed by atoms with Crippen molar-refractivity contribution >= 4 is 28.9 Å². The van der Waals surface area contributed by atoms with Crippen LogP contribution in [0.15, 0.2) is 36.4 Å². The Labute approximate surface area is 113 Å². The quantitative estimate of drug-likeness (QED) is 0.829. The Morgan fingerprint density at radius 2 is 1.79 bits per heavy atom. The lowest BCUT2D eigenvalue weighted by Gasteiger charge is -2.08. The maximum absolute atomic E-state index is 13.0. The van der Waals surface area contributed by atoms with Gasteiger partial charge in [0.15, 0.2) is 0 Å². The number of carbonyl (C=O) groups excluding carboxylic acids is 1. The molecule has 0 heterocycles. The van der Waals surface area contributed by atoms with Gasteiger partial charge in [0.05, 0.1) is 16.3 Å². The topological polar surface area (TPSA) is 55.1 Å². The fraction of sp³-hybridized carbons (Fsp3) is 0. The molecule has 0 bridgehead atoms. The van der Waals surface area contributed by atoms with E-state index in [1.165, 1.54) is 6.07 Å². The summed E-state index contributed by atoms with van der Waals surface area (Å²) in [5.41, 5.74) is 5.95. The first-order valence-corrected chi connectivity index (χ1v) is 5.66. The van der Waals surface area contributed by atoms with Crippen LogP contribution in [-0.2, 0) is 0 Å². The summed E-state index contributed by atoms with van der Waals surface area (Å²) in [6.07, 6.45) is 0. The highest BCUT2D eigenvalue weighted by Gasteiger charge is 2.13. The number of carbonyl (C=O) groups is 1. The molecule has 0 unspecified atom stereocenters. The predicted octanol–water partition coefficient (Wildman–Crippen LogP) is 3.45. The second-order valence-corrected chi connectivity index (χ2v) is 4.20. The summed E-state index contributed by atoms with van der Waals surface area (Å²) in [5.74, 6) is -2.16. The molecule has 1 amide bonds. The summed E-state index contributed by atoms with van der Waals surface area (Å²) in [6.45, 7) is 0. The van der Waals surface area contributed by atoms with Crippen LogP contribution in [0.25, 0.3) is 0 Å². The van der Waals surface area contributed by atoms with Crippen molar-refractivity contribution in [3.05, 3.63) is 58.6 Å². The smallest absolute Gasteiger partial charge is 0.257 e. The number of hydrogen-bond donors (Lipinski definition) is 2. The van der Waals surface area contributed by atoms with E-state index in [0.717, 1.165) is 12.1 Å². The highest BCUT2D eigenvalue weighted by atomic mass is 35.5. The molecule has 98 valence electrons. The molecule has 0 aromatic heterocycles. The molecule has 0 fully saturated rings. The van der Waals surface area contributed by atoms with Gasteiger partial charge in [-0.3, -0.25) is 4.79 Å². The number of rotatable bonds is 2. The molecular formula is C13H9ClF2N2O. The average Bonchev–Trinajstić information content (AvgIpc) is 2.31. The molecule has 0 aliphatic rings. The minimum Gasteiger partial charge on any atom is -0.398 e. The van der Waals surface area contributed by atoms with E-state index >= 15 is 0 Å². The van der Waals surface area contributed by atoms with E-state index in [0.29, 0.717) is 6.07 Å². The van der Waals surface area contributed by atoms with E-state index in [4.69, 9.17) is 17.3 Å². The minimum absolute atomic E-state index is 0.000918. The fourth-order valence-corrected chi connectivity index (χ4v) is 1.76. The second kappa shape index (κ2) is 5.24. The molecule has 0 aliphatic heterocycles. The molecular weight excluding hydrogens is 274 g/mol. The number of nitrogen functional groups attached to an aromatic ring is 1. The Morgan fingerprint density at radius 1 is 1.16 bits per heavy atom. The van der Waals surface area contributed by atoms with Crippen LogP contribution in [0.3, 0.4) is 0 Å². The maximum Gasteiger partial charge on any atom is 0.257 e. The van der Waals surface area contributed by atoms with Crippen molar-refractivity contribution in [2.24, 2.45) is 0 Å². The van der Waals surface area contributed by atoms with Crippen molar-refractivity contribution in [2.75, 3.05) is 11.1 Å². The van der Waals surface area contributed by atoms with Gasteiger partial charge in [0.2, 0.25) is 0 Å². The molecule has 19 heavy (non-hydrogen) atoms. The predicted molar refractivity (Wildman–Crippen MR) is 70.2 cm³/mol. The SMILES string of the molecule is Nc1cccc(C(=O)Nc2cc(F)cc(F)c2)c1Cl. The molecule has 3 N–H and O–H groups in total. The first-order valence-electron chi connectivity index (χ1n) is 5.29. The van der Waals surface area contributed by atoms with Crippen LogP contribution in [0.5, 0.6) is 0 Å². The third-order valence-corrected chi connectivity index (χ3v) is 2.82. The standard InChI is InChI=1S/C13H9ClF2N2O/c14-12-10(2-1-3-11(12)17)13(19)18-9-5-7(15)4-8(16)6-9/h1-6H,17H2,(H,18,19). The van der Waals surface area contributed by atoms with E-state index in [9.17, 15) is 13.6 Å². The van der Waals surface area contributed by atoms with Crippen LogP contribution in [0.4, 0.5) is 20.2 Å². The summed E-state index contributed by atoms with van der Waals surface area (Å²) < 4.78 is 26.0. The Hall–Kier alpha value is -2.14. The van der Waals surface area contributed by atoms with Gasteiger partial charge in [-0.1, -0.05) is 17.7 Å². The van der Waals surface area contributed by atoms with E-state index in [2.05, 4.69) is 5.32 Å². The van der Waals surface area contributed by atoms with Gasteiger partial charge >= 0.3 is 0 Å². The molecule has 2 aromatic rings. The lowest BCUT2D eigenvalue weighted by Crippen LogP contribution is -2.13. The van der Waals surface area contributed by atoms with Crippen LogP contribution in [0.2, 0.25) is 5.02 Å². The number of hydrogen-bond acceptors (Lipinski definition) is 2. The third-order valence-electron chi connectivity index (χ3n) is 2.39. The van der Waals surface area contributed by atoms with Crippen molar-refractivity contribution in [1.29, 1.82) is 0 Å². The van der Waals surface area contributed by atoms with Crippen molar-refractivity contribution in [2.45, 2.75) is 0 Å². The summed E-state index contributed by atoms with van der Waals surface area (Å²) >= 11 is 5.88. The van der Waals surface area contributed by atoms with Crippen molar-refractivity contribution in [1.82, 2.24) is 0 Å². The number of anilines is 2. The van der Waals surface area contributed by atoms with Gasteiger partial charge in [0.25, 0.3) is 5.91 Å². The summed E-state index contributed by atoms with van der Waals surface area (Å²) in [7, 11) is 0. The summed E-state index contributed by atoms with van der Waals surface area (Å²) in [6, 6.07) is 7.28. The highest BCUT2D eigenvalue weighted by molar-refractivity contribution is 6.36. The first kappa shape index (κ1) is 13.3. The van der Waals surface area contributed by atoms with Gasteiger partial charge in [-0.2, -0.15) is 0 Å².